The predicted molar refractivity (Wildman–Crippen MR) is 227 cm³/mol. The molecule has 17 heteroatoms. The second-order valence-electron chi connectivity index (χ2n) is 19.5. The van der Waals surface area contributed by atoms with Crippen LogP contribution in [0.1, 0.15) is 94.9 Å². The van der Waals surface area contributed by atoms with Crippen LogP contribution in [0.5, 0.6) is 0 Å². The summed E-state index contributed by atoms with van der Waals surface area (Å²) in [4.78, 5) is 25.6. The number of ether oxygens (including phenoxy) is 8. The van der Waals surface area contributed by atoms with Gasteiger partial charge in [0.15, 0.2) is 18.7 Å². The largest absolute Gasteiger partial charge is 0.459 e. The molecule has 0 radical (unpaired) electrons. The molecule has 354 valence electrons. The van der Waals surface area contributed by atoms with E-state index < -0.39 is 96.0 Å². The third-order valence-electron chi connectivity index (χ3n) is 14.3. The van der Waals surface area contributed by atoms with E-state index in [1.807, 2.05) is 46.7 Å². The Kier molecular flexibility index (Phi) is 17.0. The lowest BCUT2D eigenvalue weighted by molar-refractivity contribution is -0.313. The number of fused-ring (bicyclic) bond motifs is 1. The lowest BCUT2D eigenvalue weighted by Gasteiger charge is -2.48. The highest BCUT2D eigenvalue weighted by molar-refractivity contribution is 5.76. The van der Waals surface area contributed by atoms with Gasteiger partial charge in [0.1, 0.15) is 23.9 Å². The van der Waals surface area contributed by atoms with Crippen molar-refractivity contribution < 1.29 is 63.1 Å². The number of aliphatic hydroxyl groups excluding tert-OH is 2. The topological polar surface area (TPSA) is 194 Å². The Hall–Kier alpha value is -1.74. The van der Waals surface area contributed by atoms with Crippen LogP contribution in [0.2, 0.25) is 0 Å². The Labute approximate surface area is 364 Å². The van der Waals surface area contributed by atoms with Gasteiger partial charge in [-0.1, -0.05) is 20.8 Å². The molecule has 61 heavy (non-hydrogen) atoms. The number of carbonyl (C=O) groups excluding carboxylic acids is 1. The Morgan fingerprint density at radius 3 is 2.23 bits per heavy atom. The quantitative estimate of drug-likeness (QED) is 0.246. The smallest absolute Gasteiger partial charge is 0.311 e. The summed E-state index contributed by atoms with van der Waals surface area (Å²) in [6.45, 7) is 22.9. The number of aliphatic hydroxyl groups is 4. The number of morpholine rings is 1. The molecule has 5 heterocycles. The zero-order chi connectivity index (χ0) is 45.2. The van der Waals surface area contributed by atoms with Crippen LogP contribution < -0.4 is 0 Å². The molecule has 0 aromatic rings. The fourth-order valence-corrected chi connectivity index (χ4v) is 10.3. The number of nitrogens with zero attached hydrogens (tertiary/aromatic N) is 4. The number of aliphatic imine (C=N–C) groups is 1. The second kappa shape index (κ2) is 20.6. The van der Waals surface area contributed by atoms with E-state index in [0.717, 1.165) is 19.6 Å². The van der Waals surface area contributed by atoms with Gasteiger partial charge in [0.2, 0.25) is 0 Å². The van der Waals surface area contributed by atoms with Gasteiger partial charge in [0.25, 0.3) is 6.02 Å². The van der Waals surface area contributed by atoms with Crippen LogP contribution in [0, 0.1) is 17.8 Å². The van der Waals surface area contributed by atoms with Crippen molar-refractivity contribution in [2.45, 2.75) is 185 Å². The molecular formula is C44H80N4O13. The lowest BCUT2D eigenvalue weighted by atomic mass is 9.77. The Morgan fingerprint density at radius 2 is 1.59 bits per heavy atom. The van der Waals surface area contributed by atoms with Crippen LogP contribution in [-0.4, -0.2) is 205 Å². The molecule has 0 bridgehead atoms. The van der Waals surface area contributed by atoms with Gasteiger partial charge in [-0.15, -0.1) is 0 Å². The highest BCUT2D eigenvalue weighted by Crippen LogP contribution is 2.41. The average Bonchev–Trinajstić information content (AvgIpc) is 3.52. The van der Waals surface area contributed by atoms with E-state index in [9.17, 15) is 25.2 Å². The third-order valence-corrected chi connectivity index (χ3v) is 14.3. The summed E-state index contributed by atoms with van der Waals surface area (Å²) in [6, 6.07) is -0.143. The molecule has 0 unspecified atom stereocenters. The first kappa shape index (κ1) is 50.3. The van der Waals surface area contributed by atoms with Crippen molar-refractivity contribution in [2.24, 2.45) is 22.7 Å². The SMILES string of the molecule is CC[C@H]1OC(=O)[C@H](C)[C@@H](O[C@H]2C[C@@](C)(OC)[C@@H](O)[C@H](C)O2)[C@H](C)[C@@H](O[C@H]2O[C@H](C)C[C@H]3[C@H]2OC(=NCCN2CCOCC2)N3C)[C@](C)(O)C[C@@H](C)CN(C)[C@H](C)[C@@H](O)[C@]1(C)O. The summed E-state index contributed by atoms with van der Waals surface area (Å²) in [5.41, 5.74) is -4.37. The normalized spacial score (nSPS) is 47.3. The van der Waals surface area contributed by atoms with Crippen molar-refractivity contribution in [2.75, 3.05) is 67.1 Å². The van der Waals surface area contributed by atoms with E-state index in [1.165, 1.54) is 14.0 Å². The number of rotatable bonds is 9. The van der Waals surface area contributed by atoms with Gasteiger partial charge >= 0.3 is 5.97 Å². The molecule has 17 nitrogen and oxygen atoms in total. The zero-order valence-corrected chi connectivity index (χ0v) is 39.2. The summed E-state index contributed by atoms with van der Waals surface area (Å²) in [5, 5.41) is 47.3. The Morgan fingerprint density at radius 1 is 0.918 bits per heavy atom. The van der Waals surface area contributed by atoms with Gasteiger partial charge in [-0.2, -0.15) is 0 Å². The molecule has 5 aliphatic rings. The van der Waals surface area contributed by atoms with Gasteiger partial charge in [-0.25, -0.2) is 4.99 Å². The number of methoxy groups -OCH3 is 1. The molecular weight excluding hydrogens is 792 g/mol. The molecule has 0 saturated carbocycles. The molecule has 4 N–H and O–H groups in total. The molecule has 0 amide bonds. The molecule has 5 saturated heterocycles. The summed E-state index contributed by atoms with van der Waals surface area (Å²) in [7, 11) is 5.36. The highest BCUT2D eigenvalue weighted by atomic mass is 16.7. The first-order chi connectivity index (χ1) is 28.5. The monoisotopic (exact) mass is 873 g/mol. The summed E-state index contributed by atoms with van der Waals surface area (Å²) in [6.07, 6.45) is -7.33. The second-order valence-corrected chi connectivity index (χ2v) is 19.5. The van der Waals surface area contributed by atoms with E-state index in [2.05, 4.69) is 9.80 Å². The van der Waals surface area contributed by atoms with Gasteiger partial charge in [0, 0.05) is 58.7 Å². The van der Waals surface area contributed by atoms with Crippen molar-refractivity contribution in [3.63, 3.8) is 0 Å². The van der Waals surface area contributed by atoms with E-state index in [4.69, 9.17) is 42.9 Å². The predicted octanol–water partition coefficient (Wildman–Crippen LogP) is 2.00. The van der Waals surface area contributed by atoms with Crippen molar-refractivity contribution in [1.82, 2.24) is 14.7 Å². The fraction of sp³-hybridized carbons (Fsp3) is 0.955. The molecule has 0 spiro atoms. The minimum absolute atomic E-state index is 0.117. The maximum absolute atomic E-state index is 14.4. The Balaban J connectivity index is 1.53. The van der Waals surface area contributed by atoms with Crippen LogP contribution in [-0.2, 0) is 42.7 Å². The van der Waals surface area contributed by atoms with E-state index in [0.29, 0.717) is 38.7 Å². The van der Waals surface area contributed by atoms with E-state index >= 15 is 0 Å². The van der Waals surface area contributed by atoms with Gasteiger partial charge in [-0.05, 0) is 80.7 Å². The molecule has 5 aliphatic heterocycles. The van der Waals surface area contributed by atoms with Gasteiger partial charge in [-0.3, -0.25) is 9.69 Å². The first-order valence-electron chi connectivity index (χ1n) is 22.7. The number of cyclic esters (lactones) is 1. The van der Waals surface area contributed by atoms with Crippen LogP contribution in [0.3, 0.4) is 0 Å². The average molecular weight is 873 g/mol. The number of hydrogen-bond acceptors (Lipinski definition) is 16. The molecule has 18 atom stereocenters. The van der Waals surface area contributed by atoms with E-state index in [1.54, 1.807) is 34.6 Å². The van der Waals surface area contributed by atoms with Gasteiger partial charge in [0.05, 0.1) is 67.3 Å². The summed E-state index contributed by atoms with van der Waals surface area (Å²) >= 11 is 0. The minimum atomic E-state index is -1.80. The lowest BCUT2D eigenvalue weighted by Crippen LogP contribution is -2.60. The Bertz CT molecular complexity index is 1450. The third kappa shape index (κ3) is 11.4. The standard InChI is InChI=1S/C44H80N4O13/c1-14-32-44(10,53)36(49)29(6)46(11)24-25(2)22-42(8,52)38(27(4)34(28(5)39(51)58-32)59-33-23-43(9,54-13)37(50)30(7)57-33)61-40-35-31(21-26(3)56-40)47(12)41(60-35)45-15-16-48-17-19-55-20-18-48/h25-38,40,49-50,52-53H,14-24H2,1-13H3/t25-,26-,27+,28-,29-,30+,31+,32-,33+,34+,35-,36-,37+,38-,40-,42-,43-,44-/m1/s1. The van der Waals surface area contributed by atoms with Gasteiger partial charge < -0.3 is 68.1 Å². The minimum Gasteiger partial charge on any atom is -0.459 e. The fourth-order valence-electron chi connectivity index (χ4n) is 10.3. The number of amidine groups is 1. The van der Waals surface area contributed by atoms with Crippen LogP contribution in [0.25, 0.3) is 0 Å². The maximum Gasteiger partial charge on any atom is 0.311 e. The van der Waals surface area contributed by atoms with Crippen LogP contribution in [0.15, 0.2) is 4.99 Å². The number of likely N-dealkylation sites (N-methyl/N-ethyl adjacent to an activating group) is 2. The number of hydrogen-bond donors (Lipinski definition) is 4. The number of esters is 1. The van der Waals surface area contributed by atoms with Crippen molar-refractivity contribution in [1.29, 1.82) is 0 Å². The zero-order valence-electron chi connectivity index (χ0n) is 39.2. The van der Waals surface area contributed by atoms with Crippen LogP contribution >= 0.6 is 0 Å². The molecule has 0 aromatic carbocycles. The number of carbonyl (C=O) groups is 1. The molecule has 0 aromatic heterocycles. The van der Waals surface area contributed by atoms with Crippen molar-refractivity contribution in [3.05, 3.63) is 0 Å². The molecule has 5 rings (SSSR count). The van der Waals surface area contributed by atoms with Crippen molar-refractivity contribution in [3.8, 4) is 0 Å². The molecule has 5 fully saturated rings. The van der Waals surface area contributed by atoms with E-state index in [-0.39, 0.29) is 37.3 Å². The highest BCUT2D eigenvalue weighted by Gasteiger charge is 2.55. The van der Waals surface area contributed by atoms with Crippen LogP contribution in [0.4, 0.5) is 0 Å². The first-order valence-corrected chi connectivity index (χ1v) is 22.7. The summed E-state index contributed by atoms with van der Waals surface area (Å²) in [5.74, 6) is -2.53. The molecule has 0 aliphatic carbocycles. The maximum atomic E-state index is 14.4. The van der Waals surface area contributed by atoms with Crippen molar-refractivity contribution >= 4 is 12.0 Å². The summed E-state index contributed by atoms with van der Waals surface area (Å²) < 4.78 is 50.7.